The molecule has 1 amide bonds. The van der Waals surface area contributed by atoms with E-state index in [1.54, 1.807) is 0 Å². The molecule has 0 saturated heterocycles. The number of aryl methyl sites for hydroxylation is 2. The van der Waals surface area contributed by atoms with E-state index in [4.69, 9.17) is 14.6 Å². The SMILES string of the molecule is C[n+]1cc(-c2ncc(C(=O)O)s2)cn1CCCNC(=O)c1cc(OCc2ccccc2)c(OCc2ccccc2)c[n+]1O. The first kappa shape index (κ1) is 29.3. The van der Waals surface area contributed by atoms with Crippen LogP contribution in [0.4, 0.5) is 0 Å². The molecule has 12 heteroatoms. The Labute approximate surface area is 251 Å². The van der Waals surface area contributed by atoms with Crippen molar-refractivity contribution in [2.24, 2.45) is 7.05 Å². The second-order valence-corrected chi connectivity index (χ2v) is 10.7. The molecule has 3 aromatic heterocycles. The highest BCUT2D eigenvalue weighted by Gasteiger charge is 2.26. The number of aromatic nitrogens is 4. The molecular formula is C31H31N5O6S+2. The summed E-state index contributed by atoms with van der Waals surface area (Å²) in [5.74, 6) is -0.847. The van der Waals surface area contributed by atoms with Crippen LogP contribution < -0.4 is 24.2 Å². The average Bonchev–Trinajstić information content (AvgIpc) is 3.66. The zero-order valence-corrected chi connectivity index (χ0v) is 24.2. The van der Waals surface area contributed by atoms with Crippen molar-refractivity contribution in [3.8, 4) is 22.1 Å². The summed E-state index contributed by atoms with van der Waals surface area (Å²) < 4.78 is 16.6. The van der Waals surface area contributed by atoms with Crippen molar-refractivity contribution in [2.75, 3.05) is 6.54 Å². The summed E-state index contributed by atoms with van der Waals surface area (Å²) in [4.78, 5) is 28.6. The number of hydrogen-bond donors (Lipinski definition) is 3. The molecule has 0 fully saturated rings. The van der Waals surface area contributed by atoms with Gasteiger partial charge in [0.2, 0.25) is 11.9 Å². The van der Waals surface area contributed by atoms with E-state index in [1.165, 1.54) is 18.5 Å². The lowest BCUT2D eigenvalue weighted by Gasteiger charge is -2.12. The normalized spacial score (nSPS) is 10.8. The number of carbonyl (C=O) groups is 2. The van der Waals surface area contributed by atoms with Crippen LogP contribution in [0.2, 0.25) is 0 Å². The van der Waals surface area contributed by atoms with Crippen LogP contribution in [0.15, 0.2) is 91.5 Å². The molecular weight excluding hydrogens is 570 g/mol. The number of carbonyl (C=O) groups excluding carboxylic acids is 1. The zero-order chi connectivity index (χ0) is 30.2. The monoisotopic (exact) mass is 601 g/mol. The van der Waals surface area contributed by atoms with Crippen molar-refractivity contribution in [3.05, 3.63) is 113 Å². The molecule has 2 aromatic carbocycles. The smallest absolute Gasteiger partial charge is 0.347 e. The number of nitrogens with zero attached hydrogens (tertiary/aromatic N) is 4. The summed E-state index contributed by atoms with van der Waals surface area (Å²) in [7, 11) is 1.88. The van der Waals surface area contributed by atoms with Crippen molar-refractivity contribution in [1.29, 1.82) is 0 Å². The number of pyridine rings is 1. The number of carboxylic acids is 1. The van der Waals surface area contributed by atoms with Crippen LogP contribution in [0.5, 0.6) is 11.5 Å². The highest BCUT2D eigenvalue weighted by atomic mass is 32.1. The second kappa shape index (κ2) is 13.6. The first-order chi connectivity index (χ1) is 20.9. The molecule has 3 heterocycles. The van der Waals surface area contributed by atoms with Crippen LogP contribution in [0, 0.1) is 0 Å². The molecule has 0 aliphatic rings. The zero-order valence-electron chi connectivity index (χ0n) is 23.4. The molecule has 0 atom stereocenters. The Hall–Kier alpha value is -5.23. The van der Waals surface area contributed by atoms with E-state index in [1.807, 2.05) is 89.5 Å². The van der Waals surface area contributed by atoms with Crippen molar-refractivity contribution in [3.63, 3.8) is 0 Å². The number of hydrogen-bond acceptors (Lipinski definition) is 7. The van der Waals surface area contributed by atoms with Gasteiger partial charge in [-0.2, -0.15) is 4.68 Å². The largest absolute Gasteiger partial charge is 0.484 e. The highest BCUT2D eigenvalue weighted by Crippen LogP contribution is 2.28. The van der Waals surface area contributed by atoms with Gasteiger partial charge in [-0.25, -0.2) is 9.78 Å². The molecule has 5 aromatic rings. The molecule has 11 nitrogen and oxygen atoms in total. The molecule has 0 aliphatic heterocycles. The number of rotatable bonds is 13. The number of benzene rings is 2. The molecule has 0 bridgehead atoms. The van der Waals surface area contributed by atoms with Gasteiger partial charge in [-0.1, -0.05) is 60.7 Å². The third kappa shape index (κ3) is 7.54. The van der Waals surface area contributed by atoms with Crippen molar-refractivity contribution >= 4 is 23.2 Å². The van der Waals surface area contributed by atoms with Gasteiger partial charge in [0.05, 0.1) is 30.6 Å². The van der Waals surface area contributed by atoms with Gasteiger partial charge in [0.1, 0.15) is 23.1 Å². The van der Waals surface area contributed by atoms with E-state index < -0.39 is 11.9 Å². The predicted octanol–water partition coefficient (Wildman–Crippen LogP) is 3.64. The van der Waals surface area contributed by atoms with E-state index >= 15 is 0 Å². The summed E-state index contributed by atoms with van der Waals surface area (Å²) in [5.41, 5.74) is 2.70. The molecule has 0 unspecified atom stereocenters. The van der Waals surface area contributed by atoms with E-state index in [9.17, 15) is 14.8 Å². The Balaban J connectivity index is 1.22. The molecule has 5 rings (SSSR count). The van der Waals surface area contributed by atoms with Crippen LogP contribution in [0.1, 0.15) is 37.7 Å². The molecule has 0 spiro atoms. The molecule has 220 valence electrons. The maximum Gasteiger partial charge on any atom is 0.347 e. The van der Waals surface area contributed by atoms with Crippen molar-refractivity contribution in [1.82, 2.24) is 15.0 Å². The topological polar surface area (TPSA) is 131 Å². The molecule has 0 saturated carbocycles. The minimum atomic E-state index is -1.00. The number of nitrogens with one attached hydrogen (secondary N) is 1. The number of aromatic carboxylic acids is 1. The van der Waals surface area contributed by atoms with E-state index in [0.29, 0.717) is 36.0 Å². The van der Waals surface area contributed by atoms with Crippen LogP contribution in [0.25, 0.3) is 10.6 Å². The Bertz CT molecular complexity index is 1700. The first-order valence-electron chi connectivity index (χ1n) is 13.5. The Morgan fingerprint density at radius 2 is 1.63 bits per heavy atom. The third-order valence-electron chi connectivity index (χ3n) is 6.54. The van der Waals surface area contributed by atoms with Crippen LogP contribution in [-0.4, -0.2) is 38.4 Å². The third-order valence-corrected chi connectivity index (χ3v) is 7.57. The van der Waals surface area contributed by atoms with E-state index in [2.05, 4.69) is 10.3 Å². The fraction of sp³-hybridized carbons (Fsp3) is 0.194. The van der Waals surface area contributed by atoms with Gasteiger partial charge in [0.25, 0.3) is 6.20 Å². The Kier molecular flexibility index (Phi) is 9.27. The molecule has 43 heavy (non-hydrogen) atoms. The first-order valence-corrected chi connectivity index (χ1v) is 14.3. The lowest BCUT2D eigenvalue weighted by Crippen LogP contribution is -2.42. The lowest BCUT2D eigenvalue weighted by molar-refractivity contribution is -0.906. The summed E-state index contributed by atoms with van der Waals surface area (Å²) in [6.07, 6.45) is 7.04. The quantitative estimate of drug-likeness (QED) is 0.107. The van der Waals surface area contributed by atoms with Gasteiger partial charge in [-0.15, -0.1) is 16.0 Å². The van der Waals surface area contributed by atoms with Gasteiger partial charge in [0, 0.05) is 11.3 Å². The van der Waals surface area contributed by atoms with Gasteiger partial charge in [-0.3, -0.25) is 10.0 Å². The number of thiazole rings is 1. The fourth-order valence-electron chi connectivity index (χ4n) is 4.30. The minimum Gasteiger partial charge on any atom is -0.484 e. The summed E-state index contributed by atoms with van der Waals surface area (Å²) in [6, 6.07) is 20.7. The van der Waals surface area contributed by atoms with Crippen LogP contribution in [-0.2, 0) is 26.8 Å². The minimum absolute atomic E-state index is 0.00179. The van der Waals surface area contributed by atoms with Gasteiger partial charge in [-0.05, 0) is 17.5 Å². The number of ether oxygens (including phenoxy) is 2. The van der Waals surface area contributed by atoms with Gasteiger partial charge >= 0.3 is 17.6 Å². The molecule has 0 radical (unpaired) electrons. The summed E-state index contributed by atoms with van der Waals surface area (Å²) in [6.45, 7) is 1.45. The number of amides is 1. The Morgan fingerprint density at radius 1 is 0.977 bits per heavy atom. The molecule has 0 aliphatic carbocycles. The standard InChI is InChI=1S/C31H29N5O6S/c1-34-17-24(30-33-16-28(43-30)31(38)39)18-35(34)14-8-13-32-29(37)25-15-26(41-20-22-9-4-2-5-10-22)27(19-36(25)40)42-21-23-11-6-3-7-12-23/h2-7,9-12,15-19H,8,13-14,20-21H2,1H3,(H-2,32,37,38,39,40)/p+2. The lowest BCUT2D eigenvalue weighted by atomic mass is 10.2. The van der Waals surface area contributed by atoms with Gasteiger partial charge < -0.3 is 19.9 Å². The second-order valence-electron chi connectivity index (χ2n) is 9.67. The van der Waals surface area contributed by atoms with E-state index in [0.717, 1.165) is 32.8 Å². The van der Waals surface area contributed by atoms with E-state index in [-0.39, 0.29) is 23.8 Å². The summed E-state index contributed by atoms with van der Waals surface area (Å²) in [5, 5.41) is 23.3. The summed E-state index contributed by atoms with van der Waals surface area (Å²) >= 11 is 1.11. The van der Waals surface area contributed by atoms with Crippen LogP contribution in [0.3, 0.4) is 0 Å². The molecule has 3 N–H and O–H groups in total. The maximum absolute atomic E-state index is 13.1. The van der Waals surface area contributed by atoms with Crippen molar-refractivity contribution in [2.45, 2.75) is 26.2 Å². The number of carboxylic acid groups (broad SMARTS) is 1. The average molecular weight is 602 g/mol. The van der Waals surface area contributed by atoms with Gasteiger partial charge in [0.15, 0.2) is 12.8 Å². The Morgan fingerprint density at radius 3 is 2.26 bits per heavy atom. The fourth-order valence-corrected chi connectivity index (χ4v) is 5.03. The van der Waals surface area contributed by atoms with Crippen molar-refractivity contribution < 1.29 is 38.8 Å². The highest BCUT2D eigenvalue weighted by molar-refractivity contribution is 7.16. The predicted molar refractivity (Wildman–Crippen MR) is 156 cm³/mol. The maximum atomic E-state index is 13.1. The van der Waals surface area contributed by atoms with Crippen LogP contribution >= 0.6 is 11.3 Å².